The topological polar surface area (TPSA) is 63.3 Å². The van der Waals surface area contributed by atoms with E-state index in [1.54, 1.807) is 6.92 Å². The number of halogens is 1. The number of aromatic carboxylic acids is 1. The third-order valence-electron chi connectivity index (χ3n) is 2.20. The largest absolute Gasteiger partial charge is 0.478 e. The van der Waals surface area contributed by atoms with Crippen molar-refractivity contribution in [1.29, 1.82) is 0 Å². The van der Waals surface area contributed by atoms with Crippen LogP contribution in [0.3, 0.4) is 0 Å². The maximum absolute atomic E-state index is 13.2. The van der Waals surface area contributed by atoms with Crippen LogP contribution < -0.4 is 5.73 Å². The van der Waals surface area contributed by atoms with Gasteiger partial charge in [0.1, 0.15) is 5.82 Å². The van der Waals surface area contributed by atoms with Crippen LogP contribution in [0.15, 0.2) is 12.1 Å². The van der Waals surface area contributed by atoms with E-state index in [0.717, 1.165) is 11.1 Å². The van der Waals surface area contributed by atoms with E-state index in [9.17, 15) is 9.18 Å². The summed E-state index contributed by atoms with van der Waals surface area (Å²) in [6.45, 7) is 3.57. The van der Waals surface area contributed by atoms with Gasteiger partial charge >= 0.3 is 5.97 Å². The van der Waals surface area contributed by atoms with Crippen LogP contribution in [0.1, 0.15) is 28.4 Å². The molecule has 0 heterocycles. The molecule has 1 rings (SSSR count). The lowest BCUT2D eigenvalue weighted by atomic mass is 9.99. The lowest BCUT2D eigenvalue weighted by molar-refractivity contribution is 0.0691. The molecule has 0 saturated carbocycles. The third-order valence-corrected chi connectivity index (χ3v) is 2.20. The van der Waals surface area contributed by atoms with E-state index in [4.69, 9.17) is 10.8 Å². The van der Waals surface area contributed by atoms with Gasteiger partial charge in [0, 0.05) is 6.04 Å². The summed E-state index contributed by atoms with van der Waals surface area (Å²) in [6, 6.07) is 2.52. The first kappa shape index (κ1) is 11.7. The zero-order valence-electron chi connectivity index (χ0n) is 8.75. The predicted molar refractivity (Wildman–Crippen MR) is 55.4 cm³/mol. The first-order valence-electron chi connectivity index (χ1n) is 4.69. The van der Waals surface area contributed by atoms with Crippen molar-refractivity contribution in [3.05, 3.63) is 34.6 Å². The molecule has 0 aliphatic carbocycles. The van der Waals surface area contributed by atoms with Gasteiger partial charge in [-0.3, -0.25) is 0 Å². The van der Waals surface area contributed by atoms with Gasteiger partial charge in [-0.25, -0.2) is 9.18 Å². The lowest BCUT2D eigenvalue weighted by Gasteiger charge is -2.10. The summed E-state index contributed by atoms with van der Waals surface area (Å²) < 4.78 is 13.2. The molecule has 0 bridgehead atoms. The normalized spacial score (nSPS) is 12.5. The van der Waals surface area contributed by atoms with Crippen LogP contribution in [0.2, 0.25) is 0 Å². The summed E-state index contributed by atoms with van der Waals surface area (Å²) in [5.74, 6) is -1.95. The number of rotatable bonds is 3. The van der Waals surface area contributed by atoms with Gasteiger partial charge < -0.3 is 10.8 Å². The van der Waals surface area contributed by atoms with Gasteiger partial charge in [-0.1, -0.05) is 0 Å². The van der Waals surface area contributed by atoms with E-state index in [-0.39, 0.29) is 11.6 Å². The molecule has 15 heavy (non-hydrogen) atoms. The van der Waals surface area contributed by atoms with Gasteiger partial charge in [0.05, 0.1) is 5.56 Å². The molecular formula is C11H14FNO2. The minimum Gasteiger partial charge on any atom is -0.478 e. The Balaban J connectivity index is 3.17. The Morgan fingerprint density at radius 1 is 1.60 bits per heavy atom. The Bertz CT molecular complexity index is 388. The fourth-order valence-corrected chi connectivity index (χ4v) is 1.45. The monoisotopic (exact) mass is 211 g/mol. The number of hydrogen-bond acceptors (Lipinski definition) is 2. The third kappa shape index (κ3) is 2.76. The molecule has 0 saturated heterocycles. The summed E-state index contributed by atoms with van der Waals surface area (Å²) in [4.78, 5) is 10.7. The molecule has 1 aromatic carbocycles. The highest BCUT2D eigenvalue weighted by Crippen LogP contribution is 2.16. The van der Waals surface area contributed by atoms with E-state index in [1.807, 2.05) is 6.92 Å². The first-order chi connectivity index (χ1) is 6.91. The molecule has 1 aromatic rings. The maximum Gasteiger partial charge on any atom is 0.338 e. The minimum atomic E-state index is -1.25. The highest BCUT2D eigenvalue weighted by atomic mass is 19.1. The van der Waals surface area contributed by atoms with Crippen LogP contribution in [-0.2, 0) is 6.42 Å². The molecule has 0 spiro atoms. The number of carbonyl (C=O) groups is 1. The fraction of sp³-hybridized carbons (Fsp3) is 0.364. The standard InChI is InChI=1S/C11H14FNO2/c1-6-3-10(12)9(11(14)15)5-8(6)4-7(2)13/h3,5,7H,4,13H2,1-2H3,(H,14,15). The van der Waals surface area contributed by atoms with Crippen LogP contribution in [0, 0.1) is 12.7 Å². The molecule has 3 nitrogen and oxygen atoms in total. The second kappa shape index (κ2) is 4.40. The number of nitrogens with two attached hydrogens (primary N) is 1. The van der Waals surface area contributed by atoms with Gasteiger partial charge in [-0.15, -0.1) is 0 Å². The summed E-state index contributed by atoms with van der Waals surface area (Å²) in [7, 11) is 0. The van der Waals surface area contributed by atoms with Gasteiger partial charge in [-0.2, -0.15) is 0 Å². The second-order valence-electron chi connectivity index (χ2n) is 3.75. The number of benzene rings is 1. The number of aryl methyl sites for hydroxylation is 1. The molecular weight excluding hydrogens is 197 g/mol. The molecule has 1 unspecified atom stereocenters. The van der Waals surface area contributed by atoms with Crippen molar-refractivity contribution in [3.8, 4) is 0 Å². The highest BCUT2D eigenvalue weighted by Gasteiger charge is 2.13. The van der Waals surface area contributed by atoms with Crippen LogP contribution in [0.4, 0.5) is 4.39 Å². The van der Waals surface area contributed by atoms with Crippen LogP contribution >= 0.6 is 0 Å². The molecule has 3 N–H and O–H groups in total. The molecule has 0 radical (unpaired) electrons. The molecule has 82 valence electrons. The summed E-state index contributed by atoms with van der Waals surface area (Å²) in [5, 5.41) is 8.74. The van der Waals surface area contributed by atoms with E-state index < -0.39 is 11.8 Å². The SMILES string of the molecule is Cc1cc(F)c(C(=O)O)cc1CC(C)N. The summed E-state index contributed by atoms with van der Waals surface area (Å²) in [6.07, 6.45) is 0.548. The quantitative estimate of drug-likeness (QED) is 0.800. The Labute approximate surface area is 87.7 Å². The highest BCUT2D eigenvalue weighted by molar-refractivity contribution is 5.88. The predicted octanol–water partition coefficient (Wildman–Crippen LogP) is 1.72. The van der Waals surface area contributed by atoms with E-state index in [1.165, 1.54) is 12.1 Å². The molecule has 0 fully saturated rings. The summed E-state index contributed by atoms with van der Waals surface area (Å²) >= 11 is 0. The van der Waals surface area contributed by atoms with Crippen molar-refractivity contribution in [3.63, 3.8) is 0 Å². The summed E-state index contributed by atoms with van der Waals surface area (Å²) in [5.41, 5.74) is 6.83. The Morgan fingerprint density at radius 3 is 2.67 bits per heavy atom. The molecule has 1 atom stereocenters. The average molecular weight is 211 g/mol. The van der Waals surface area contributed by atoms with Gasteiger partial charge in [0.25, 0.3) is 0 Å². The fourth-order valence-electron chi connectivity index (χ4n) is 1.45. The molecule has 0 aliphatic heterocycles. The van der Waals surface area contributed by atoms with Crippen LogP contribution in [0.5, 0.6) is 0 Å². The molecule has 0 aromatic heterocycles. The van der Waals surface area contributed by atoms with Crippen LogP contribution in [-0.4, -0.2) is 17.1 Å². The van der Waals surface area contributed by atoms with Crippen LogP contribution in [0.25, 0.3) is 0 Å². The minimum absolute atomic E-state index is 0.0733. The smallest absolute Gasteiger partial charge is 0.338 e. The van der Waals surface area contributed by atoms with Crippen molar-refractivity contribution < 1.29 is 14.3 Å². The number of carboxylic acids is 1. The Hall–Kier alpha value is -1.42. The number of carboxylic acid groups (broad SMARTS) is 1. The zero-order chi connectivity index (χ0) is 11.6. The van der Waals surface area contributed by atoms with Gasteiger partial charge in [-0.05, 0) is 43.5 Å². The Kier molecular flexibility index (Phi) is 3.42. The first-order valence-corrected chi connectivity index (χ1v) is 4.69. The van der Waals surface area contributed by atoms with E-state index >= 15 is 0 Å². The molecule has 4 heteroatoms. The Morgan fingerprint density at radius 2 is 2.20 bits per heavy atom. The van der Waals surface area contributed by atoms with Gasteiger partial charge in [0.15, 0.2) is 0 Å². The van der Waals surface area contributed by atoms with Crippen molar-refractivity contribution >= 4 is 5.97 Å². The van der Waals surface area contributed by atoms with E-state index in [2.05, 4.69) is 0 Å². The lowest BCUT2D eigenvalue weighted by Crippen LogP contribution is -2.19. The second-order valence-corrected chi connectivity index (χ2v) is 3.75. The molecule has 0 amide bonds. The van der Waals surface area contributed by atoms with E-state index in [0.29, 0.717) is 6.42 Å². The molecule has 0 aliphatic rings. The maximum atomic E-state index is 13.2. The number of hydrogen-bond donors (Lipinski definition) is 2. The van der Waals surface area contributed by atoms with Crippen molar-refractivity contribution in [2.24, 2.45) is 5.73 Å². The van der Waals surface area contributed by atoms with Crippen molar-refractivity contribution in [2.45, 2.75) is 26.3 Å². The van der Waals surface area contributed by atoms with Crippen molar-refractivity contribution in [1.82, 2.24) is 0 Å². The van der Waals surface area contributed by atoms with Crippen molar-refractivity contribution in [2.75, 3.05) is 0 Å². The zero-order valence-corrected chi connectivity index (χ0v) is 8.75. The average Bonchev–Trinajstić information content (AvgIpc) is 2.08. The van der Waals surface area contributed by atoms with Gasteiger partial charge in [0.2, 0.25) is 0 Å².